The average molecular weight is 233 g/mol. The van der Waals surface area contributed by atoms with Crippen molar-refractivity contribution in [3.63, 3.8) is 0 Å². The van der Waals surface area contributed by atoms with E-state index >= 15 is 0 Å². The summed E-state index contributed by atoms with van der Waals surface area (Å²) < 4.78 is 0. The highest BCUT2D eigenvalue weighted by molar-refractivity contribution is 7.80. The predicted molar refractivity (Wildman–Crippen MR) is 67.1 cm³/mol. The Hall–Kier alpha value is -0.960. The molecule has 84 valence electrons. The summed E-state index contributed by atoms with van der Waals surface area (Å²) in [6.45, 7) is 0.914. The lowest BCUT2D eigenvalue weighted by Crippen LogP contribution is -2.36. The van der Waals surface area contributed by atoms with Gasteiger partial charge in [-0.2, -0.15) is 0 Å². The summed E-state index contributed by atoms with van der Waals surface area (Å²) in [5.41, 5.74) is 2.38. The summed E-state index contributed by atoms with van der Waals surface area (Å²) in [7, 11) is 0. The molecule has 2 nitrogen and oxygen atoms in total. The zero-order chi connectivity index (χ0) is 11.1. The molecule has 0 unspecified atom stereocenters. The lowest BCUT2D eigenvalue weighted by Gasteiger charge is -2.29. The first-order chi connectivity index (χ1) is 7.74. The molecule has 2 aliphatic rings. The van der Waals surface area contributed by atoms with Crippen LogP contribution in [0.2, 0.25) is 0 Å². The molecule has 0 N–H and O–H groups in total. The maximum atomic E-state index is 11.9. The van der Waals surface area contributed by atoms with Crippen molar-refractivity contribution in [1.29, 1.82) is 0 Å². The third-order valence-corrected chi connectivity index (χ3v) is 3.68. The van der Waals surface area contributed by atoms with Crippen molar-refractivity contribution in [3.8, 4) is 0 Å². The van der Waals surface area contributed by atoms with Crippen LogP contribution in [0.4, 0.5) is 5.69 Å². The van der Waals surface area contributed by atoms with Crippen LogP contribution in [0, 0.1) is 5.92 Å². The van der Waals surface area contributed by atoms with Crippen LogP contribution in [0.3, 0.4) is 0 Å². The third-order valence-electron chi connectivity index (χ3n) is 3.40. The van der Waals surface area contributed by atoms with Crippen LogP contribution < -0.4 is 4.90 Å². The first-order valence-corrected chi connectivity index (χ1v) is 6.31. The van der Waals surface area contributed by atoms with E-state index in [0.29, 0.717) is 6.42 Å². The zero-order valence-electron chi connectivity index (χ0n) is 9.15. The number of carbonyl (C=O) groups excluding carboxylic acids is 1. The number of thiol groups is 1. The Morgan fingerprint density at radius 1 is 1.31 bits per heavy atom. The molecule has 3 heteroatoms. The van der Waals surface area contributed by atoms with Crippen molar-refractivity contribution in [2.45, 2.75) is 30.6 Å². The van der Waals surface area contributed by atoms with E-state index in [2.05, 4.69) is 18.7 Å². The summed E-state index contributed by atoms with van der Waals surface area (Å²) in [6, 6.07) is 6.10. The Balaban J connectivity index is 1.95. The summed E-state index contributed by atoms with van der Waals surface area (Å²) in [4.78, 5) is 14.9. The van der Waals surface area contributed by atoms with Gasteiger partial charge < -0.3 is 4.90 Å². The second-order valence-corrected chi connectivity index (χ2v) is 5.28. The van der Waals surface area contributed by atoms with E-state index in [9.17, 15) is 4.79 Å². The molecule has 1 saturated carbocycles. The second-order valence-electron chi connectivity index (χ2n) is 4.76. The summed E-state index contributed by atoms with van der Waals surface area (Å²) in [6.07, 6.45) is 4.08. The smallest absolute Gasteiger partial charge is 0.227 e. The molecule has 1 aromatic rings. The number of hydrogen-bond donors (Lipinski definition) is 1. The number of hydrogen-bond acceptors (Lipinski definition) is 2. The second kappa shape index (κ2) is 3.81. The van der Waals surface area contributed by atoms with Gasteiger partial charge in [-0.3, -0.25) is 4.79 Å². The van der Waals surface area contributed by atoms with Crippen molar-refractivity contribution in [3.05, 3.63) is 23.8 Å². The van der Waals surface area contributed by atoms with Gasteiger partial charge in [-0.25, -0.2) is 0 Å². The minimum absolute atomic E-state index is 0.284. The number of nitrogens with zero attached hydrogens (tertiary/aromatic N) is 1. The van der Waals surface area contributed by atoms with E-state index in [-0.39, 0.29) is 5.91 Å². The highest BCUT2D eigenvalue weighted by Crippen LogP contribution is 2.35. The molecule has 1 aromatic carbocycles. The average Bonchev–Trinajstić information content (AvgIpc) is 3.06. The highest BCUT2D eigenvalue weighted by atomic mass is 32.1. The number of fused-ring (bicyclic) bond motifs is 1. The van der Waals surface area contributed by atoms with Crippen molar-refractivity contribution in [2.24, 2.45) is 5.92 Å². The van der Waals surface area contributed by atoms with Gasteiger partial charge >= 0.3 is 0 Å². The Morgan fingerprint density at radius 3 is 2.88 bits per heavy atom. The Labute approximate surface area is 101 Å². The molecule has 1 aliphatic carbocycles. The van der Waals surface area contributed by atoms with Crippen molar-refractivity contribution < 1.29 is 4.79 Å². The molecule has 0 spiro atoms. The van der Waals surface area contributed by atoms with Gasteiger partial charge in [0.15, 0.2) is 0 Å². The molecule has 0 atom stereocenters. The predicted octanol–water partition coefficient (Wildman–Crippen LogP) is 2.66. The SMILES string of the molecule is O=C1CCc2cc(S)ccc2N1CC1CC1. The lowest BCUT2D eigenvalue weighted by molar-refractivity contribution is -0.118. The van der Waals surface area contributed by atoms with Gasteiger partial charge in [0.05, 0.1) is 0 Å². The topological polar surface area (TPSA) is 20.3 Å². The monoisotopic (exact) mass is 233 g/mol. The van der Waals surface area contributed by atoms with Gasteiger partial charge in [0.2, 0.25) is 5.91 Å². The quantitative estimate of drug-likeness (QED) is 0.779. The third kappa shape index (κ3) is 1.84. The largest absolute Gasteiger partial charge is 0.312 e. The fourth-order valence-electron chi connectivity index (χ4n) is 2.31. The molecule has 1 fully saturated rings. The molecule has 1 heterocycles. The van der Waals surface area contributed by atoms with Crippen LogP contribution in [0.1, 0.15) is 24.8 Å². The number of amides is 1. The van der Waals surface area contributed by atoms with E-state index in [1.165, 1.54) is 18.4 Å². The first-order valence-electron chi connectivity index (χ1n) is 5.86. The lowest BCUT2D eigenvalue weighted by atomic mass is 10.0. The standard InChI is InChI=1S/C13H15NOS/c15-13-6-3-10-7-11(16)4-5-12(10)14(13)8-9-1-2-9/h4-5,7,9,16H,1-3,6,8H2. The van der Waals surface area contributed by atoms with Crippen molar-refractivity contribution in [2.75, 3.05) is 11.4 Å². The van der Waals surface area contributed by atoms with Crippen molar-refractivity contribution in [1.82, 2.24) is 0 Å². The van der Waals surface area contributed by atoms with E-state index < -0.39 is 0 Å². The highest BCUT2D eigenvalue weighted by Gasteiger charge is 2.30. The van der Waals surface area contributed by atoms with Gasteiger partial charge in [-0.15, -0.1) is 12.6 Å². The normalized spacial score (nSPS) is 19.8. The minimum atomic E-state index is 0.284. The molecule has 0 bridgehead atoms. The molecule has 3 rings (SSSR count). The number of aryl methyl sites for hydroxylation is 1. The molecule has 1 aliphatic heterocycles. The summed E-state index contributed by atoms with van der Waals surface area (Å²) in [5, 5.41) is 0. The minimum Gasteiger partial charge on any atom is -0.312 e. The maximum Gasteiger partial charge on any atom is 0.227 e. The molecular formula is C13H15NOS. The molecule has 0 radical (unpaired) electrons. The van der Waals surface area contributed by atoms with E-state index in [1.54, 1.807) is 0 Å². The molecule has 1 amide bonds. The Kier molecular flexibility index (Phi) is 2.43. The molecule has 16 heavy (non-hydrogen) atoms. The van der Waals surface area contributed by atoms with Crippen LogP contribution in [0.25, 0.3) is 0 Å². The van der Waals surface area contributed by atoms with Gasteiger partial charge in [0.1, 0.15) is 0 Å². The maximum absolute atomic E-state index is 11.9. The first kappa shape index (κ1) is 10.2. The molecule has 0 saturated heterocycles. The summed E-state index contributed by atoms with van der Waals surface area (Å²) in [5.74, 6) is 1.02. The number of carbonyl (C=O) groups is 1. The van der Waals surface area contributed by atoms with Crippen LogP contribution in [0.15, 0.2) is 23.1 Å². The fraction of sp³-hybridized carbons (Fsp3) is 0.462. The Bertz CT molecular complexity index is 440. The van der Waals surface area contributed by atoms with Crippen LogP contribution in [-0.4, -0.2) is 12.5 Å². The number of rotatable bonds is 2. The van der Waals surface area contributed by atoms with Gasteiger partial charge in [-0.1, -0.05) is 0 Å². The number of benzene rings is 1. The Morgan fingerprint density at radius 2 is 2.12 bits per heavy atom. The van der Waals surface area contributed by atoms with E-state index in [1.807, 2.05) is 17.0 Å². The summed E-state index contributed by atoms with van der Waals surface area (Å²) >= 11 is 4.35. The van der Waals surface area contributed by atoms with Crippen LogP contribution in [0.5, 0.6) is 0 Å². The van der Waals surface area contributed by atoms with E-state index in [0.717, 1.165) is 29.5 Å². The van der Waals surface area contributed by atoms with Crippen molar-refractivity contribution >= 4 is 24.2 Å². The van der Waals surface area contributed by atoms with Crippen LogP contribution >= 0.6 is 12.6 Å². The molecule has 0 aromatic heterocycles. The van der Waals surface area contributed by atoms with Gasteiger partial charge in [-0.05, 0) is 48.9 Å². The van der Waals surface area contributed by atoms with Crippen LogP contribution in [-0.2, 0) is 11.2 Å². The van der Waals surface area contributed by atoms with Gasteiger partial charge in [0, 0.05) is 23.5 Å². The number of anilines is 1. The van der Waals surface area contributed by atoms with E-state index in [4.69, 9.17) is 0 Å². The molecular weight excluding hydrogens is 218 g/mol. The zero-order valence-corrected chi connectivity index (χ0v) is 10.0. The van der Waals surface area contributed by atoms with Gasteiger partial charge in [0.25, 0.3) is 0 Å². The fourth-order valence-corrected chi connectivity index (χ4v) is 2.54.